The number of halogens is 1. The number of hydrogen-bond donors (Lipinski definition) is 0. The predicted octanol–water partition coefficient (Wildman–Crippen LogP) is 5.30. The van der Waals surface area contributed by atoms with Crippen LogP contribution in [0.15, 0.2) is 41.3 Å². The minimum atomic E-state index is -0.397. The van der Waals surface area contributed by atoms with E-state index in [1.807, 2.05) is 19.9 Å². The SMILES string of the molecule is CCOc1cc(/C=C2\SC(=O)N(c3ccccc3Cl)C2=O)c(C)cc1OC. The van der Waals surface area contributed by atoms with E-state index >= 15 is 0 Å². The van der Waals surface area contributed by atoms with Crippen molar-refractivity contribution in [1.29, 1.82) is 0 Å². The monoisotopic (exact) mass is 403 g/mol. The zero-order chi connectivity index (χ0) is 19.6. The van der Waals surface area contributed by atoms with Crippen molar-refractivity contribution >= 4 is 46.3 Å². The molecular weight excluding hydrogens is 386 g/mol. The molecule has 1 heterocycles. The molecule has 0 N–H and O–H groups in total. The minimum Gasteiger partial charge on any atom is -0.493 e. The first-order valence-corrected chi connectivity index (χ1v) is 9.49. The lowest BCUT2D eigenvalue weighted by atomic mass is 10.1. The van der Waals surface area contributed by atoms with E-state index in [2.05, 4.69) is 0 Å². The smallest absolute Gasteiger partial charge is 0.298 e. The number of methoxy groups -OCH3 is 1. The van der Waals surface area contributed by atoms with E-state index in [-0.39, 0.29) is 5.24 Å². The van der Waals surface area contributed by atoms with Crippen molar-refractivity contribution in [3.63, 3.8) is 0 Å². The third-order valence-electron chi connectivity index (χ3n) is 4.03. The number of imide groups is 1. The molecule has 0 aliphatic carbocycles. The third-order valence-corrected chi connectivity index (χ3v) is 5.22. The highest BCUT2D eigenvalue weighted by Gasteiger charge is 2.37. The van der Waals surface area contributed by atoms with Crippen molar-refractivity contribution in [2.45, 2.75) is 13.8 Å². The number of hydrogen-bond acceptors (Lipinski definition) is 5. The second kappa shape index (κ2) is 8.06. The molecule has 0 aromatic heterocycles. The first-order valence-electron chi connectivity index (χ1n) is 8.30. The van der Waals surface area contributed by atoms with Gasteiger partial charge in [0.15, 0.2) is 11.5 Å². The lowest BCUT2D eigenvalue weighted by Gasteiger charge is -2.14. The maximum atomic E-state index is 12.8. The Hall–Kier alpha value is -2.44. The van der Waals surface area contributed by atoms with Gasteiger partial charge in [-0.15, -0.1) is 0 Å². The number of aryl methyl sites for hydroxylation is 1. The normalized spacial score (nSPS) is 15.6. The number of carbonyl (C=O) groups is 2. The summed E-state index contributed by atoms with van der Waals surface area (Å²) in [7, 11) is 1.58. The third kappa shape index (κ3) is 3.82. The van der Waals surface area contributed by atoms with Crippen molar-refractivity contribution in [3.05, 3.63) is 57.5 Å². The van der Waals surface area contributed by atoms with Crippen molar-refractivity contribution in [2.24, 2.45) is 0 Å². The fourth-order valence-electron chi connectivity index (χ4n) is 2.71. The molecule has 0 saturated carbocycles. The van der Waals surface area contributed by atoms with Crippen molar-refractivity contribution in [2.75, 3.05) is 18.6 Å². The van der Waals surface area contributed by atoms with Gasteiger partial charge in [-0.25, -0.2) is 4.90 Å². The van der Waals surface area contributed by atoms with E-state index in [1.54, 1.807) is 43.5 Å². The number of para-hydroxylation sites is 1. The highest BCUT2D eigenvalue weighted by atomic mass is 35.5. The quantitative estimate of drug-likeness (QED) is 0.634. The van der Waals surface area contributed by atoms with Crippen LogP contribution in [0, 0.1) is 6.92 Å². The van der Waals surface area contributed by atoms with E-state index < -0.39 is 5.91 Å². The number of benzene rings is 2. The van der Waals surface area contributed by atoms with Crippen LogP contribution in [-0.4, -0.2) is 24.9 Å². The molecule has 1 aliphatic heterocycles. The van der Waals surface area contributed by atoms with Gasteiger partial charge >= 0.3 is 0 Å². The van der Waals surface area contributed by atoms with E-state index in [1.165, 1.54) is 0 Å². The van der Waals surface area contributed by atoms with Gasteiger partial charge in [-0.3, -0.25) is 9.59 Å². The van der Waals surface area contributed by atoms with Crippen LogP contribution in [0.2, 0.25) is 5.02 Å². The summed E-state index contributed by atoms with van der Waals surface area (Å²) >= 11 is 7.04. The second-order valence-corrected chi connectivity index (χ2v) is 7.16. The number of ether oxygens (including phenoxy) is 2. The standard InChI is InChI=1S/C20H18ClNO4S/c1-4-26-17-10-13(12(2)9-16(17)25-3)11-18-19(23)22(20(24)27-18)15-8-6-5-7-14(15)21/h5-11H,4H2,1-3H3/b18-11-. The van der Waals surface area contributed by atoms with Gasteiger partial charge in [0.2, 0.25) is 0 Å². The Morgan fingerprint density at radius 1 is 1.19 bits per heavy atom. The number of anilines is 1. The van der Waals surface area contributed by atoms with Gasteiger partial charge in [0, 0.05) is 0 Å². The summed E-state index contributed by atoms with van der Waals surface area (Å²) in [5, 5.41) is -0.0316. The molecule has 2 amide bonds. The van der Waals surface area contributed by atoms with Crippen LogP contribution in [0.25, 0.3) is 6.08 Å². The molecular formula is C20H18ClNO4S. The number of thioether (sulfide) groups is 1. The summed E-state index contributed by atoms with van der Waals surface area (Å²) in [6.07, 6.45) is 1.69. The van der Waals surface area contributed by atoms with E-state index in [9.17, 15) is 9.59 Å². The molecule has 0 radical (unpaired) electrons. The summed E-state index contributed by atoms with van der Waals surface area (Å²) in [4.78, 5) is 26.7. The average Bonchev–Trinajstić information content (AvgIpc) is 2.92. The summed E-state index contributed by atoms with van der Waals surface area (Å²) in [6.45, 7) is 4.28. The maximum Gasteiger partial charge on any atom is 0.298 e. The summed E-state index contributed by atoms with van der Waals surface area (Å²) in [6, 6.07) is 10.4. The number of nitrogens with zero attached hydrogens (tertiary/aromatic N) is 1. The van der Waals surface area contributed by atoms with E-state index in [0.29, 0.717) is 33.7 Å². The Labute approximate surface area is 166 Å². The molecule has 0 bridgehead atoms. The van der Waals surface area contributed by atoms with Gasteiger partial charge in [-0.05, 0) is 67.1 Å². The molecule has 3 rings (SSSR count). The van der Waals surface area contributed by atoms with E-state index in [0.717, 1.165) is 27.8 Å². The molecule has 1 saturated heterocycles. The maximum absolute atomic E-state index is 12.8. The molecule has 2 aromatic rings. The number of amides is 2. The largest absolute Gasteiger partial charge is 0.493 e. The molecule has 2 aromatic carbocycles. The molecule has 5 nitrogen and oxygen atoms in total. The lowest BCUT2D eigenvalue weighted by molar-refractivity contribution is -0.113. The second-order valence-electron chi connectivity index (χ2n) is 5.76. The molecule has 1 aliphatic rings. The van der Waals surface area contributed by atoms with Crippen LogP contribution in [0.4, 0.5) is 10.5 Å². The molecule has 27 heavy (non-hydrogen) atoms. The molecule has 7 heteroatoms. The van der Waals surface area contributed by atoms with Crippen LogP contribution in [-0.2, 0) is 4.79 Å². The van der Waals surface area contributed by atoms with Gasteiger partial charge < -0.3 is 9.47 Å². The van der Waals surface area contributed by atoms with E-state index in [4.69, 9.17) is 21.1 Å². The van der Waals surface area contributed by atoms with Gasteiger partial charge in [0.1, 0.15) is 0 Å². The van der Waals surface area contributed by atoms with Crippen molar-refractivity contribution in [1.82, 2.24) is 0 Å². The summed E-state index contributed by atoms with van der Waals surface area (Å²) in [5.74, 6) is 0.809. The summed E-state index contributed by atoms with van der Waals surface area (Å²) in [5.41, 5.74) is 2.07. The summed E-state index contributed by atoms with van der Waals surface area (Å²) < 4.78 is 10.9. The minimum absolute atomic E-state index is 0.329. The Balaban J connectivity index is 1.99. The van der Waals surface area contributed by atoms with Gasteiger partial charge in [0.25, 0.3) is 11.1 Å². The number of carbonyl (C=O) groups excluding carboxylic acids is 2. The van der Waals surface area contributed by atoms with Gasteiger partial charge in [-0.2, -0.15) is 0 Å². The van der Waals surface area contributed by atoms with Crippen LogP contribution in [0.5, 0.6) is 11.5 Å². The Kier molecular flexibility index (Phi) is 5.77. The van der Waals surface area contributed by atoms with Crippen LogP contribution >= 0.6 is 23.4 Å². The Morgan fingerprint density at radius 2 is 1.93 bits per heavy atom. The van der Waals surface area contributed by atoms with Crippen molar-refractivity contribution < 1.29 is 19.1 Å². The molecule has 140 valence electrons. The lowest BCUT2D eigenvalue weighted by Crippen LogP contribution is -2.27. The van der Waals surface area contributed by atoms with Crippen LogP contribution < -0.4 is 14.4 Å². The molecule has 0 unspecified atom stereocenters. The Morgan fingerprint density at radius 3 is 2.59 bits per heavy atom. The highest BCUT2D eigenvalue weighted by Crippen LogP contribution is 2.39. The van der Waals surface area contributed by atoms with Crippen molar-refractivity contribution in [3.8, 4) is 11.5 Å². The first-order chi connectivity index (χ1) is 13.0. The van der Waals surface area contributed by atoms with Crippen LogP contribution in [0.3, 0.4) is 0 Å². The molecule has 1 fully saturated rings. The zero-order valence-corrected chi connectivity index (χ0v) is 16.7. The fourth-order valence-corrected chi connectivity index (χ4v) is 3.76. The number of rotatable bonds is 5. The topological polar surface area (TPSA) is 55.8 Å². The average molecular weight is 404 g/mol. The Bertz CT molecular complexity index is 942. The van der Waals surface area contributed by atoms with Gasteiger partial charge in [-0.1, -0.05) is 23.7 Å². The first kappa shape index (κ1) is 19.3. The fraction of sp³-hybridized carbons (Fsp3) is 0.200. The van der Waals surface area contributed by atoms with Gasteiger partial charge in [0.05, 0.1) is 29.3 Å². The predicted molar refractivity (Wildman–Crippen MR) is 109 cm³/mol. The highest BCUT2D eigenvalue weighted by molar-refractivity contribution is 8.19. The van der Waals surface area contributed by atoms with Crippen LogP contribution in [0.1, 0.15) is 18.1 Å². The molecule has 0 atom stereocenters. The zero-order valence-electron chi connectivity index (χ0n) is 15.1. The molecule has 0 spiro atoms.